The quantitative estimate of drug-likeness (QED) is 0.919. The Bertz CT molecular complexity index is 600. The summed E-state index contributed by atoms with van der Waals surface area (Å²) >= 11 is 1.66. The lowest BCUT2D eigenvalue weighted by Gasteiger charge is -2.01. The summed E-state index contributed by atoms with van der Waals surface area (Å²) in [5.41, 5.74) is 5.79. The summed E-state index contributed by atoms with van der Waals surface area (Å²) in [6, 6.07) is 11.9. The van der Waals surface area contributed by atoms with Crippen molar-refractivity contribution < 1.29 is 4.74 Å². The maximum absolute atomic E-state index is 5.15. The van der Waals surface area contributed by atoms with Gasteiger partial charge in [-0.3, -0.25) is 0 Å². The van der Waals surface area contributed by atoms with Gasteiger partial charge in [0.1, 0.15) is 10.9 Å². The molecule has 0 saturated heterocycles. The van der Waals surface area contributed by atoms with Crippen molar-refractivity contribution in [3.8, 4) is 5.75 Å². The molecule has 1 N–H and O–H groups in total. The third-order valence-corrected chi connectivity index (χ3v) is 3.57. The lowest BCUT2D eigenvalue weighted by atomic mass is 10.1. The highest BCUT2D eigenvalue weighted by Gasteiger charge is 2.25. The van der Waals surface area contributed by atoms with Crippen molar-refractivity contribution in [1.82, 2.24) is 10.6 Å². The third-order valence-electron chi connectivity index (χ3n) is 2.68. The van der Waals surface area contributed by atoms with E-state index in [9.17, 15) is 0 Å². The molecule has 0 bridgehead atoms. The predicted molar refractivity (Wildman–Crippen MR) is 71.8 cm³/mol. The van der Waals surface area contributed by atoms with E-state index in [1.165, 1.54) is 0 Å². The highest BCUT2D eigenvalue weighted by molar-refractivity contribution is 7.11. The molecule has 0 saturated carbocycles. The number of ether oxygens (including phenoxy) is 1. The number of hydrogen-bond donors (Lipinski definition) is 1. The van der Waals surface area contributed by atoms with Crippen LogP contribution in [0.2, 0.25) is 0 Å². The smallest absolute Gasteiger partial charge is 0.331 e. The second-order valence-electron chi connectivity index (χ2n) is 3.74. The van der Waals surface area contributed by atoms with Crippen molar-refractivity contribution in [2.45, 2.75) is 0 Å². The van der Waals surface area contributed by atoms with Crippen molar-refractivity contribution in [1.29, 1.82) is 0 Å². The topological polar surface area (TPSA) is 47.7 Å². The number of thiophene rings is 1. The van der Waals surface area contributed by atoms with E-state index < -0.39 is 0 Å². The van der Waals surface area contributed by atoms with Gasteiger partial charge in [0.25, 0.3) is 0 Å². The van der Waals surface area contributed by atoms with Crippen LogP contribution in [0.15, 0.2) is 46.9 Å². The Morgan fingerprint density at radius 2 is 2.06 bits per heavy atom. The molecule has 0 atom stereocenters. The second kappa shape index (κ2) is 4.62. The van der Waals surface area contributed by atoms with Gasteiger partial charge in [-0.15, -0.1) is 11.3 Å². The lowest BCUT2D eigenvalue weighted by Crippen LogP contribution is -2.07. The van der Waals surface area contributed by atoms with Gasteiger partial charge in [0.15, 0.2) is 11.4 Å². The predicted octanol–water partition coefficient (Wildman–Crippen LogP) is 2.89. The molecule has 3 rings (SSSR count). The van der Waals surface area contributed by atoms with Gasteiger partial charge in [0.05, 0.1) is 12.0 Å². The molecule has 1 radical (unpaired) electrons. The average Bonchev–Trinajstić information content (AvgIpc) is 3.09. The Morgan fingerprint density at radius 3 is 2.72 bits per heavy atom. The number of methoxy groups -OCH3 is 1. The molecular weight excluding hydrogens is 246 g/mol. The molecule has 1 aromatic heterocycles. The molecule has 0 aliphatic carbocycles. The van der Waals surface area contributed by atoms with E-state index in [-0.39, 0.29) is 0 Å². The number of benzene rings is 1. The monoisotopic (exact) mass is 257 g/mol. The molecule has 5 heteroatoms. The van der Waals surface area contributed by atoms with Crippen LogP contribution in [0.25, 0.3) is 11.4 Å². The fourth-order valence-corrected chi connectivity index (χ4v) is 2.49. The van der Waals surface area contributed by atoms with Gasteiger partial charge in [-0.05, 0) is 35.7 Å². The molecule has 1 aliphatic rings. The molecule has 0 fully saturated rings. The summed E-state index contributed by atoms with van der Waals surface area (Å²) in [5, 5.41) is 10.1. The Morgan fingerprint density at radius 1 is 1.22 bits per heavy atom. The maximum Gasteiger partial charge on any atom is 0.331 e. The number of hydrogen-bond acceptors (Lipinski definition) is 5. The lowest BCUT2D eigenvalue weighted by molar-refractivity contribution is 0.415. The molecule has 0 spiro atoms. The Labute approximate surface area is 109 Å². The number of rotatable bonds is 3. The first kappa shape index (κ1) is 11.0. The van der Waals surface area contributed by atoms with Crippen LogP contribution in [-0.2, 0) is 0 Å². The first-order valence-corrected chi connectivity index (χ1v) is 6.36. The van der Waals surface area contributed by atoms with Gasteiger partial charge in [0, 0.05) is 5.56 Å². The van der Waals surface area contributed by atoms with E-state index in [0.29, 0.717) is 0 Å². The van der Waals surface area contributed by atoms with Gasteiger partial charge < -0.3 is 4.74 Å². The van der Waals surface area contributed by atoms with Gasteiger partial charge in [0.2, 0.25) is 0 Å². The molecule has 89 valence electrons. The van der Waals surface area contributed by atoms with Crippen LogP contribution >= 0.6 is 11.3 Å². The molecule has 0 unspecified atom stereocenters. The highest BCUT2D eigenvalue weighted by atomic mass is 32.1. The first-order valence-electron chi connectivity index (χ1n) is 5.48. The minimum atomic E-state index is 0.833. The number of nitrogens with zero attached hydrogens (tertiary/aromatic N) is 2. The van der Waals surface area contributed by atoms with Crippen LogP contribution in [0, 0.1) is 0 Å². The fourth-order valence-electron chi connectivity index (χ4n) is 1.77. The van der Waals surface area contributed by atoms with Crippen LogP contribution in [0.3, 0.4) is 0 Å². The summed E-state index contributed by atoms with van der Waals surface area (Å²) in [4.78, 5) is 1.13. The summed E-state index contributed by atoms with van der Waals surface area (Å²) in [7, 11) is 1.65. The van der Waals surface area contributed by atoms with Crippen molar-refractivity contribution in [3.05, 3.63) is 52.2 Å². The summed E-state index contributed by atoms with van der Waals surface area (Å²) in [5.74, 6) is 0.833. The molecule has 18 heavy (non-hydrogen) atoms. The molecular formula is C13H11N3OS+. The van der Waals surface area contributed by atoms with Crippen LogP contribution < -0.4 is 15.4 Å². The Hall–Kier alpha value is -2.14. The van der Waals surface area contributed by atoms with Crippen molar-refractivity contribution in [3.63, 3.8) is 0 Å². The standard InChI is InChI=1S/C13H11N3OS/c1-17-10-6-4-9(5-7-10)12-13(15-16-14-12)11-3-2-8-18-11/h2-8H,1H3,(H,14,15)/q+1. The minimum absolute atomic E-state index is 0.833. The zero-order valence-electron chi connectivity index (χ0n) is 9.75. The molecule has 1 aromatic carbocycles. The van der Waals surface area contributed by atoms with Crippen molar-refractivity contribution in [2.24, 2.45) is 5.11 Å². The van der Waals surface area contributed by atoms with Crippen molar-refractivity contribution >= 4 is 22.7 Å². The molecule has 0 amide bonds. The summed E-state index contributed by atoms with van der Waals surface area (Å²) < 4.78 is 5.15. The van der Waals surface area contributed by atoms with Crippen LogP contribution in [0.5, 0.6) is 5.75 Å². The Balaban J connectivity index is 2.02. The fraction of sp³-hybridized carbons (Fsp3) is 0.0769. The highest BCUT2D eigenvalue weighted by Crippen LogP contribution is 2.30. The van der Waals surface area contributed by atoms with E-state index >= 15 is 0 Å². The van der Waals surface area contributed by atoms with Crippen LogP contribution in [0.4, 0.5) is 0 Å². The van der Waals surface area contributed by atoms with E-state index in [1.807, 2.05) is 41.8 Å². The van der Waals surface area contributed by atoms with Gasteiger partial charge >= 0.3 is 5.22 Å². The zero-order valence-corrected chi connectivity index (χ0v) is 10.6. The molecule has 1 aliphatic heterocycles. The van der Waals surface area contributed by atoms with Gasteiger partial charge in [-0.25, -0.2) is 0 Å². The second-order valence-corrected chi connectivity index (χ2v) is 4.69. The molecule has 4 nitrogen and oxygen atoms in total. The minimum Gasteiger partial charge on any atom is -0.497 e. The molecule has 2 heterocycles. The molecule has 2 aromatic rings. The summed E-state index contributed by atoms with van der Waals surface area (Å²) in [6.07, 6.45) is 0. The normalized spacial score (nSPS) is 13.8. The third kappa shape index (κ3) is 1.89. The van der Waals surface area contributed by atoms with Crippen LogP contribution in [0.1, 0.15) is 10.4 Å². The van der Waals surface area contributed by atoms with E-state index in [2.05, 4.69) is 15.8 Å². The SMILES string of the molecule is COc1ccc(C2=C(c3cccs3)N[N+]=N2)cc1. The van der Waals surface area contributed by atoms with Gasteiger partial charge in [-0.2, -0.15) is 0 Å². The number of nitrogens with one attached hydrogen (secondary N) is 1. The van der Waals surface area contributed by atoms with Crippen molar-refractivity contribution in [2.75, 3.05) is 7.11 Å². The summed E-state index contributed by atoms with van der Waals surface area (Å²) in [6.45, 7) is 0. The maximum atomic E-state index is 5.15. The van der Waals surface area contributed by atoms with Crippen LogP contribution in [-0.4, -0.2) is 7.11 Å². The van der Waals surface area contributed by atoms with E-state index in [0.717, 1.165) is 27.6 Å². The van der Waals surface area contributed by atoms with E-state index in [4.69, 9.17) is 4.74 Å². The van der Waals surface area contributed by atoms with Gasteiger partial charge in [-0.1, -0.05) is 11.5 Å². The first-order chi connectivity index (χ1) is 8.88. The largest absolute Gasteiger partial charge is 0.497 e. The Kier molecular flexibility index (Phi) is 2.82. The van der Waals surface area contributed by atoms with E-state index in [1.54, 1.807) is 18.4 Å². The zero-order chi connectivity index (χ0) is 12.4. The average molecular weight is 257 g/mol.